The molecule has 6 nitrogen and oxygen atoms in total. The first-order valence-electron chi connectivity index (χ1n) is 6.66. The van der Waals surface area contributed by atoms with Crippen LogP contribution in [0.3, 0.4) is 0 Å². The van der Waals surface area contributed by atoms with Crippen LogP contribution in [0.4, 0.5) is 4.79 Å². The molecule has 0 aliphatic heterocycles. The van der Waals surface area contributed by atoms with Gasteiger partial charge < -0.3 is 19.6 Å². The fourth-order valence-electron chi connectivity index (χ4n) is 1.73. The molecule has 0 aromatic rings. The number of rotatable bonds is 9. The minimum atomic E-state index is -0.890. The molecule has 0 aromatic carbocycles. The number of hydrogen-bond donors (Lipinski definition) is 1. The van der Waals surface area contributed by atoms with Gasteiger partial charge in [0.15, 0.2) is 0 Å². The molecule has 0 rings (SSSR count). The van der Waals surface area contributed by atoms with Crippen molar-refractivity contribution >= 4 is 12.0 Å². The third kappa shape index (κ3) is 7.66. The molecule has 0 saturated carbocycles. The molecule has 0 heterocycles. The van der Waals surface area contributed by atoms with Crippen molar-refractivity contribution in [3.05, 3.63) is 0 Å². The lowest BCUT2D eigenvalue weighted by Crippen LogP contribution is -2.46. The minimum Gasteiger partial charge on any atom is -0.481 e. The van der Waals surface area contributed by atoms with Crippen LogP contribution in [-0.2, 0) is 9.53 Å². The predicted molar refractivity (Wildman–Crippen MR) is 73.2 cm³/mol. The highest BCUT2D eigenvalue weighted by atomic mass is 16.5. The van der Waals surface area contributed by atoms with Crippen molar-refractivity contribution in [1.29, 1.82) is 0 Å². The minimum absolute atomic E-state index is 0.0284. The second-order valence-electron chi connectivity index (χ2n) is 4.84. The molecule has 0 saturated heterocycles. The summed E-state index contributed by atoms with van der Waals surface area (Å²) in [4.78, 5) is 26.2. The number of carboxylic acid groups (broad SMARTS) is 1. The highest BCUT2D eigenvalue weighted by Crippen LogP contribution is 2.05. The molecule has 0 aromatic heterocycles. The van der Waals surface area contributed by atoms with Gasteiger partial charge in [-0.15, -0.1) is 0 Å². The third-order valence-electron chi connectivity index (χ3n) is 2.67. The summed E-state index contributed by atoms with van der Waals surface area (Å²) in [5.41, 5.74) is 0. The zero-order chi connectivity index (χ0) is 14.8. The van der Waals surface area contributed by atoms with Crippen molar-refractivity contribution in [2.45, 2.75) is 27.2 Å². The van der Waals surface area contributed by atoms with Gasteiger partial charge in [0.25, 0.3) is 0 Å². The molecule has 6 heteroatoms. The molecular weight excluding hydrogens is 248 g/mol. The Morgan fingerprint density at radius 2 is 1.84 bits per heavy atom. The zero-order valence-electron chi connectivity index (χ0n) is 12.4. The first-order valence-corrected chi connectivity index (χ1v) is 6.66. The van der Waals surface area contributed by atoms with Crippen molar-refractivity contribution in [2.75, 3.05) is 39.9 Å². The predicted octanol–water partition coefficient (Wildman–Crippen LogP) is 1.51. The fourth-order valence-corrected chi connectivity index (χ4v) is 1.73. The maximum atomic E-state index is 12.3. The number of carbonyl (C=O) groups excluding carboxylic acids is 1. The highest BCUT2D eigenvalue weighted by molar-refractivity contribution is 5.75. The van der Waals surface area contributed by atoms with Crippen LogP contribution in [0, 0.1) is 5.92 Å². The van der Waals surface area contributed by atoms with Crippen LogP contribution in [0.15, 0.2) is 0 Å². The summed E-state index contributed by atoms with van der Waals surface area (Å²) >= 11 is 0. The normalized spacial score (nSPS) is 10.6. The monoisotopic (exact) mass is 274 g/mol. The highest BCUT2D eigenvalue weighted by Gasteiger charge is 2.20. The number of carbonyl (C=O) groups is 2. The molecule has 0 aliphatic rings. The van der Waals surface area contributed by atoms with Crippen LogP contribution < -0.4 is 0 Å². The first-order chi connectivity index (χ1) is 8.92. The lowest BCUT2D eigenvalue weighted by Gasteiger charge is -2.30. The Balaban J connectivity index is 4.57. The summed E-state index contributed by atoms with van der Waals surface area (Å²) in [6.45, 7) is 8.34. The molecule has 1 N–H and O–H groups in total. The van der Waals surface area contributed by atoms with Gasteiger partial charge in [-0.25, -0.2) is 4.79 Å². The third-order valence-corrected chi connectivity index (χ3v) is 2.67. The molecule has 2 amide bonds. The van der Waals surface area contributed by atoms with E-state index in [1.165, 1.54) is 0 Å². The number of urea groups is 1. The van der Waals surface area contributed by atoms with Crippen molar-refractivity contribution in [3.8, 4) is 0 Å². The lowest BCUT2D eigenvalue weighted by molar-refractivity contribution is -0.137. The van der Waals surface area contributed by atoms with Crippen LogP contribution in [0.25, 0.3) is 0 Å². The Morgan fingerprint density at radius 1 is 1.21 bits per heavy atom. The fraction of sp³-hybridized carbons (Fsp3) is 0.846. The van der Waals surface area contributed by atoms with E-state index in [4.69, 9.17) is 9.84 Å². The van der Waals surface area contributed by atoms with Crippen LogP contribution in [0.5, 0.6) is 0 Å². The average Bonchev–Trinajstić information content (AvgIpc) is 2.34. The summed E-state index contributed by atoms with van der Waals surface area (Å²) in [5, 5.41) is 8.69. The van der Waals surface area contributed by atoms with E-state index >= 15 is 0 Å². The smallest absolute Gasteiger partial charge is 0.320 e. The average molecular weight is 274 g/mol. The molecular formula is C13H26N2O4. The maximum Gasteiger partial charge on any atom is 0.320 e. The van der Waals surface area contributed by atoms with Gasteiger partial charge in [-0.3, -0.25) is 4.79 Å². The van der Waals surface area contributed by atoms with Crippen LogP contribution in [0.2, 0.25) is 0 Å². The maximum absolute atomic E-state index is 12.3. The molecule has 0 radical (unpaired) electrons. The van der Waals surface area contributed by atoms with Crippen molar-refractivity contribution < 1.29 is 19.4 Å². The number of amides is 2. The summed E-state index contributed by atoms with van der Waals surface area (Å²) in [6, 6.07) is -0.116. The Bertz CT molecular complexity index is 282. The number of aliphatic carboxylic acids is 1. The van der Waals surface area contributed by atoms with Gasteiger partial charge >= 0.3 is 12.0 Å². The van der Waals surface area contributed by atoms with E-state index in [1.54, 1.807) is 16.9 Å². The standard InChI is InChI=1S/C13H26N2O4/c1-5-14(7-6-12(16)17)13(18)15(8-9-19-4)10-11(2)3/h11H,5-10H2,1-4H3,(H,16,17). The molecule has 0 spiro atoms. The summed E-state index contributed by atoms with van der Waals surface area (Å²) in [5.74, 6) is -0.530. The Hall–Kier alpha value is -1.30. The van der Waals surface area contributed by atoms with E-state index in [-0.39, 0.29) is 19.0 Å². The SMILES string of the molecule is CCN(CCC(=O)O)C(=O)N(CCOC)CC(C)C. The Kier molecular flexibility index (Phi) is 8.95. The van der Waals surface area contributed by atoms with Gasteiger partial charge in [-0.05, 0) is 12.8 Å². The van der Waals surface area contributed by atoms with Gasteiger partial charge in [-0.2, -0.15) is 0 Å². The molecule has 0 aliphatic carbocycles. The van der Waals surface area contributed by atoms with Gasteiger partial charge in [0.1, 0.15) is 0 Å². The van der Waals surface area contributed by atoms with Crippen molar-refractivity contribution in [1.82, 2.24) is 9.80 Å². The van der Waals surface area contributed by atoms with E-state index in [9.17, 15) is 9.59 Å². The lowest BCUT2D eigenvalue weighted by atomic mass is 10.2. The van der Waals surface area contributed by atoms with Gasteiger partial charge in [0, 0.05) is 33.3 Å². The van der Waals surface area contributed by atoms with Gasteiger partial charge in [0.2, 0.25) is 0 Å². The molecule has 0 bridgehead atoms. The topological polar surface area (TPSA) is 70.1 Å². The number of nitrogens with zero attached hydrogens (tertiary/aromatic N) is 2. The van der Waals surface area contributed by atoms with E-state index in [0.717, 1.165) is 0 Å². The number of carboxylic acids is 1. The Morgan fingerprint density at radius 3 is 2.26 bits per heavy atom. The largest absolute Gasteiger partial charge is 0.481 e. The summed E-state index contributed by atoms with van der Waals surface area (Å²) < 4.78 is 5.01. The van der Waals surface area contributed by atoms with Crippen molar-refractivity contribution in [3.63, 3.8) is 0 Å². The van der Waals surface area contributed by atoms with Crippen LogP contribution >= 0.6 is 0 Å². The van der Waals surface area contributed by atoms with Crippen LogP contribution in [-0.4, -0.2) is 66.8 Å². The summed E-state index contributed by atoms with van der Waals surface area (Å²) in [7, 11) is 1.60. The second kappa shape index (κ2) is 9.61. The van der Waals surface area contributed by atoms with E-state index < -0.39 is 5.97 Å². The second-order valence-corrected chi connectivity index (χ2v) is 4.84. The number of hydrogen-bond acceptors (Lipinski definition) is 3. The van der Waals surface area contributed by atoms with E-state index in [0.29, 0.717) is 32.2 Å². The summed E-state index contributed by atoms with van der Waals surface area (Å²) in [6.07, 6.45) is -0.0284. The molecule has 19 heavy (non-hydrogen) atoms. The first kappa shape index (κ1) is 17.7. The molecule has 112 valence electrons. The molecule has 0 unspecified atom stereocenters. The Labute approximate surface area is 115 Å². The number of ether oxygens (including phenoxy) is 1. The molecule has 0 atom stereocenters. The van der Waals surface area contributed by atoms with Gasteiger partial charge in [-0.1, -0.05) is 13.8 Å². The van der Waals surface area contributed by atoms with Gasteiger partial charge in [0.05, 0.1) is 13.0 Å². The quantitative estimate of drug-likeness (QED) is 0.692. The van der Waals surface area contributed by atoms with E-state index in [2.05, 4.69) is 0 Å². The van der Waals surface area contributed by atoms with E-state index in [1.807, 2.05) is 20.8 Å². The zero-order valence-corrected chi connectivity index (χ0v) is 12.4. The molecule has 0 fully saturated rings. The van der Waals surface area contributed by atoms with Crippen molar-refractivity contribution in [2.24, 2.45) is 5.92 Å². The van der Waals surface area contributed by atoms with Crippen LogP contribution in [0.1, 0.15) is 27.2 Å². The number of methoxy groups -OCH3 is 1.